The molecule has 0 aliphatic rings. The Morgan fingerprint density at radius 3 is 2.82 bits per heavy atom. The zero-order valence-electron chi connectivity index (χ0n) is 9.60. The first-order chi connectivity index (χ1) is 8.17. The molecule has 4 nitrogen and oxygen atoms in total. The van der Waals surface area contributed by atoms with E-state index in [4.69, 9.17) is 5.26 Å². The molecular weight excluding hydrogens is 236 g/mol. The lowest BCUT2D eigenvalue weighted by molar-refractivity contribution is -0.113. The van der Waals surface area contributed by atoms with Crippen LogP contribution >= 0.6 is 0 Å². The van der Waals surface area contributed by atoms with Crippen LogP contribution in [0.4, 0.5) is 5.69 Å². The van der Waals surface area contributed by atoms with Crippen molar-refractivity contribution < 1.29 is 9.00 Å². The SMILES string of the molecule is CCCS(=O)CC(=O)Nc1ccccc1C#N. The fourth-order valence-electron chi connectivity index (χ4n) is 1.32. The minimum Gasteiger partial charge on any atom is -0.324 e. The molecule has 5 heteroatoms. The minimum absolute atomic E-state index is 0.0202. The molecule has 0 heterocycles. The molecule has 0 aliphatic heterocycles. The van der Waals surface area contributed by atoms with Gasteiger partial charge in [-0.25, -0.2) is 0 Å². The van der Waals surface area contributed by atoms with Crippen LogP contribution in [0.15, 0.2) is 24.3 Å². The second kappa shape index (κ2) is 6.81. The summed E-state index contributed by atoms with van der Waals surface area (Å²) in [6.45, 7) is 1.92. The van der Waals surface area contributed by atoms with E-state index in [1.165, 1.54) is 0 Å². The van der Waals surface area contributed by atoms with Crippen LogP contribution in [0.3, 0.4) is 0 Å². The van der Waals surface area contributed by atoms with E-state index >= 15 is 0 Å². The molecule has 0 aromatic heterocycles. The maximum atomic E-state index is 11.6. The molecule has 1 amide bonds. The van der Waals surface area contributed by atoms with Crippen LogP contribution in [0, 0.1) is 11.3 Å². The molecule has 0 saturated heterocycles. The number of carbonyl (C=O) groups excluding carboxylic acids is 1. The summed E-state index contributed by atoms with van der Waals surface area (Å²) in [5, 5.41) is 11.4. The van der Waals surface area contributed by atoms with E-state index in [0.29, 0.717) is 17.0 Å². The Hall–Kier alpha value is -1.67. The molecule has 0 spiro atoms. The number of rotatable bonds is 5. The summed E-state index contributed by atoms with van der Waals surface area (Å²) in [5.74, 6) is 0.181. The highest BCUT2D eigenvalue weighted by molar-refractivity contribution is 7.85. The molecule has 0 bridgehead atoms. The molecule has 1 aromatic carbocycles. The van der Waals surface area contributed by atoms with Crippen molar-refractivity contribution in [2.75, 3.05) is 16.8 Å². The van der Waals surface area contributed by atoms with Crippen LogP contribution in [0.25, 0.3) is 0 Å². The molecule has 90 valence electrons. The predicted molar refractivity (Wildman–Crippen MR) is 68.0 cm³/mol. The van der Waals surface area contributed by atoms with E-state index in [9.17, 15) is 9.00 Å². The van der Waals surface area contributed by atoms with Gasteiger partial charge >= 0.3 is 0 Å². The summed E-state index contributed by atoms with van der Waals surface area (Å²) in [7, 11) is -1.13. The van der Waals surface area contributed by atoms with Crippen LogP contribution in [-0.4, -0.2) is 21.6 Å². The van der Waals surface area contributed by atoms with Crippen molar-refractivity contribution >= 4 is 22.4 Å². The maximum absolute atomic E-state index is 11.6. The highest BCUT2D eigenvalue weighted by Crippen LogP contribution is 2.13. The van der Waals surface area contributed by atoms with Crippen molar-refractivity contribution in [3.05, 3.63) is 29.8 Å². The number of hydrogen-bond acceptors (Lipinski definition) is 3. The summed E-state index contributed by atoms with van der Waals surface area (Å²) < 4.78 is 11.4. The van der Waals surface area contributed by atoms with Gasteiger partial charge in [0.2, 0.25) is 5.91 Å². The number of nitrogens with zero attached hydrogens (tertiary/aromatic N) is 1. The molecule has 0 radical (unpaired) electrons. The molecular formula is C12H14N2O2S. The molecule has 1 unspecified atom stereocenters. The van der Waals surface area contributed by atoms with Gasteiger partial charge in [-0.3, -0.25) is 9.00 Å². The molecule has 1 atom stereocenters. The molecule has 1 rings (SSSR count). The van der Waals surface area contributed by atoms with Gasteiger partial charge in [0.25, 0.3) is 0 Å². The zero-order valence-corrected chi connectivity index (χ0v) is 10.4. The van der Waals surface area contributed by atoms with Gasteiger partial charge < -0.3 is 5.32 Å². The average molecular weight is 250 g/mol. The van der Waals surface area contributed by atoms with Crippen molar-refractivity contribution in [1.82, 2.24) is 0 Å². The lowest BCUT2D eigenvalue weighted by Crippen LogP contribution is -2.21. The van der Waals surface area contributed by atoms with Gasteiger partial charge in [-0.05, 0) is 18.6 Å². The third-order valence-electron chi connectivity index (χ3n) is 2.05. The van der Waals surface area contributed by atoms with Crippen molar-refractivity contribution in [1.29, 1.82) is 5.26 Å². The minimum atomic E-state index is -1.13. The normalized spacial score (nSPS) is 11.5. The summed E-state index contributed by atoms with van der Waals surface area (Å²) in [5.41, 5.74) is 0.871. The first kappa shape index (κ1) is 13.4. The topological polar surface area (TPSA) is 70.0 Å². The lowest BCUT2D eigenvalue weighted by atomic mass is 10.2. The quantitative estimate of drug-likeness (QED) is 0.864. The number of nitriles is 1. The summed E-state index contributed by atoms with van der Waals surface area (Å²) in [4.78, 5) is 11.6. The number of benzene rings is 1. The van der Waals surface area contributed by atoms with Gasteiger partial charge in [0.15, 0.2) is 0 Å². The van der Waals surface area contributed by atoms with Gasteiger partial charge in [0.05, 0.1) is 11.3 Å². The molecule has 1 aromatic rings. The summed E-state index contributed by atoms with van der Waals surface area (Å²) >= 11 is 0. The van der Waals surface area contributed by atoms with Crippen molar-refractivity contribution in [2.24, 2.45) is 0 Å². The van der Waals surface area contributed by atoms with Crippen LogP contribution < -0.4 is 5.32 Å². The Kier molecular flexibility index (Phi) is 5.37. The third kappa shape index (κ3) is 4.37. The first-order valence-electron chi connectivity index (χ1n) is 5.31. The Balaban J connectivity index is 2.63. The molecule has 17 heavy (non-hydrogen) atoms. The van der Waals surface area contributed by atoms with E-state index in [-0.39, 0.29) is 11.7 Å². The van der Waals surface area contributed by atoms with Gasteiger partial charge in [-0.1, -0.05) is 19.1 Å². The largest absolute Gasteiger partial charge is 0.324 e. The highest BCUT2D eigenvalue weighted by Gasteiger charge is 2.09. The molecule has 1 N–H and O–H groups in total. The van der Waals surface area contributed by atoms with Crippen molar-refractivity contribution in [2.45, 2.75) is 13.3 Å². The van der Waals surface area contributed by atoms with Crippen molar-refractivity contribution in [3.63, 3.8) is 0 Å². The van der Waals surface area contributed by atoms with E-state index < -0.39 is 10.8 Å². The highest BCUT2D eigenvalue weighted by atomic mass is 32.2. The van der Waals surface area contributed by atoms with Crippen LogP contribution in [-0.2, 0) is 15.6 Å². The third-order valence-corrected chi connectivity index (χ3v) is 3.49. The number of amides is 1. The first-order valence-corrected chi connectivity index (χ1v) is 6.80. The smallest absolute Gasteiger partial charge is 0.237 e. The maximum Gasteiger partial charge on any atom is 0.237 e. The Labute approximate surface area is 103 Å². The van der Waals surface area contributed by atoms with E-state index in [2.05, 4.69) is 5.32 Å². The molecule has 0 saturated carbocycles. The number of carbonyl (C=O) groups is 1. The van der Waals surface area contributed by atoms with Crippen molar-refractivity contribution in [3.8, 4) is 6.07 Å². The van der Waals surface area contributed by atoms with E-state index in [0.717, 1.165) is 6.42 Å². The van der Waals surface area contributed by atoms with Crippen LogP contribution in [0.5, 0.6) is 0 Å². The van der Waals surface area contributed by atoms with Gasteiger partial charge in [-0.15, -0.1) is 0 Å². The zero-order chi connectivity index (χ0) is 12.7. The average Bonchev–Trinajstić information content (AvgIpc) is 2.29. The van der Waals surface area contributed by atoms with E-state index in [1.54, 1.807) is 24.3 Å². The van der Waals surface area contributed by atoms with Gasteiger partial charge in [0, 0.05) is 16.6 Å². The number of hydrogen-bond donors (Lipinski definition) is 1. The van der Waals surface area contributed by atoms with Crippen LogP contribution in [0.2, 0.25) is 0 Å². The van der Waals surface area contributed by atoms with Gasteiger partial charge in [0.1, 0.15) is 11.8 Å². The second-order valence-electron chi connectivity index (χ2n) is 3.49. The number of anilines is 1. The predicted octanol–water partition coefficient (Wildman–Crippen LogP) is 1.66. The standard InChI is InChI=1S/C12H14N2O2S/c1-2-7-17(16)9-12(15)14-11-6-4-3-5-10(11)8-13/h3-6H,2,7,9H2,1H3,(H,14,15). The molecule has 0 aliphatic carbocycles. The Morgan fingerprint density at radius 1 is 1.47 bits per heavy atom. The number of para-hydroxylation sites is 1. The van der Waals surface area contributed by atoms with E-state index in [1.807, 2.05) is 13.0 Å². The van der Waals surface area contributed by atoms with Crippen LogP contribution in [0.1, 0.15) is 18.9 Å². The number of nitrogens with one attached hydrogen (secondary N) is 1. The molecule has 0 fully saturated rings. The summed E-state index contributed by atoms with van der Waals surface area (Å²) in [6.07, 6.45) is 0.786. The summed E-state index contributed by atoms with van der Waals surface area (Å²) in [6, 6.07) is 8.73. The monoisotopic (exact) mass is 250 g/mol. The fraction of sp³-hybridized carbons (Fsp3) is 0.333. The van der Waals surface area contributed by atoms with Gasteiger partial charge in [-0.2, -0.15) is 5.26 Å². The lowest BCUT2D eigenvalue weighted by Gasteiger charge is -2.06. The Morgan fingerprint density at radius 2 is 2.18 bits per heavy atom. The second-order valence-corrected chi connectivity index (χ2v) is 5.07. The fourth-order valence-corrected chi connectivity index (χ4v) is 2.29. The Bertz CT molecular complexity index is 466.